The van der Waals surface area contributed by atoms with Crippen LogP contribution in [0.4, 0.5) is 5.69 Å². The SMILES string of the molecule is CCCCCCNc1cccc2c3nc4nc(nc5[nH]c(nc6nc(nc([nH]3)c12)-c1ccccc1-6)c1ccccc51)-c1ccccc1-4. The van der Waals surface area contributed by atoms with Gasteiger partial charge in [0, 0.05) is 50.6 Å². The molecule has 9 nitrogen and oxygen atoms in total. The second-order valence-electron chi connectivity index (χ2n) is 12.0. The lowest BCUT2D eigenvalue weighted by molar-refractivity contribution is 0.685. The fourth-order valence-corrected chi connectivity index (χ4v) is 6.61. The van der Waals surface area contributed by atoms with Crippen molar-refractivity contribution >= 4 is 49.8 Å². The number of rotatable bonds is 6. The van der Waals surface area contributed by atoms with Crippen molar-refractivity contribution in [3.8, 4) is 45.6 Å². The molecule has 8 bridgehead atoms. The molecule has 0 amide bonds. The molecule has 0 aliphatic carbocycles. The Bertz CT molecular complexity index is 2500. The number of fused-ring (bicyclic) bond motifs is 20. The summed E-state index contributed by atoms with van der Waals surface area (Å²) in [6.07, 6.45) is 4.73. The topological polar surface area (TPSA) is 121 Å². The van der Waals surface area contributed by atoms with Crippen LogP contribution in [0.15, 0.2) is 91.0 Å². The summed E-state index contributed by atoms with van der Waals surface area (Å²) in [6, 6.07) is 30.6. The van der Waals surface area contributed by atoms with Gasteiger partial charge in [0.1, 0.15) is 22.6 Å². The number of nitrogens with one attached hydrogen (secondary N) is 3. The average molecular weight is 614 g/mol. The molecule has 9 rings (SSSR count). The highest BCUT2D eigenvalue weighted by Crippen LogP contribution is 2.37. The van der Waals surface area contributed by atoms with Gasteiger partial charge in [0.15, 0.2) is 23.3 Å². The highest BCUT2D eigenvalue weighted by atomic mass is 15.1. The molecule has 0 radical (unpaired) electrons. The fraction of sp³-hybridized carbons (Fsp3) is 0.158. The highest BCUT2D eigenvalue weighted by molar-refractivity contribution is 6.11. The first-order valence-electron chi connectivity index (χ1n) is 16.2. The lowest BCUT2D eigenvalue weighted by Crippen LogP contribution is -2.01. The van der Waals surface area contributed by atoms with Crippen LogP contribution in [0.3, 0.4) is 0 Å². The maximum atomic E-state index is 5.19. The summed E-state index contributed by atoms with van der Waals surface area (Å²) in [5.74, 6) is 2.39. The Kier molecular flexibility index (Phi) is 6.48. The number of benzene rings is 4. The van der Waals surface area contributed by atoms with Gasteiger partial charge in [-0.3, -0.25) is 0 Å². The average Bonchev–Trinajstić information content (AvgIpc) is 3.84. The van der Waals surface area contributed by atoms with Crippen molar-refractivity contribution < 1.29 is 0 Å². The summed E-state index contributed by atoms with van der Waals surface area (Å²) >= 11 is 0. The van der Waals surface area contributed by atoms with E-state index < -0.39 is 0 Å². The van der Waals surface area contributed by atoms with Gasteiger partial charge in [-0.2, -0.15) is 0 Å². The maximum absolute atomic E-state index is 5.19. The minimum Gasteiger partial charge on any atom is -0.384 e. The lowest BCUT2D eigenvalue weighted by Gasteiger charge is -2.07. The smallest absolute Gasteiger partial charge is 0.164 e. The van der Waals surface area contributed by atoms with Gasteiger partial charge in [0.05, 0.1) is 5.39 Å². The predicted molar refractivity (Wildman–Crippen MR) is 189 cm³/mol. The van der Waals surface area contributed by atoms with Crippen molar-refractivity contribution in [2.45, 2.75) is 32.6 Å². The number of nitrogens with zero attached hydrogens (tertiary/aromatic N) is 6. The van der Waals surface area contributed by atoms with Crippen molar-refractivity contribution in [1.29, 1.82) is 0 Å². The Balaban J connectivity index is 1.39. The van der Waals surface area contributed by atoms with E-state index in [0.29, 0.717) is 45.9 Å². The quantitative estimate of drug-likeness (QED) is 0.160. The minimum absolute atomic E-state index is 0.596. The zero-order valence-corrected chi connectivity index (χ0v) is 25.9. The van der Waals surface area contributed by atoms with Gasteiger partial charge >= 0.3 is 0 Å². The summed E-state index contributed by atoms with van der Waals surface area (Å²) < 4.78 is 0. The maximum Gasteiger partial charge on any atom is 0.164 e. The van der Waals surface area contributed by atoms with Crippen molar-refractivity contribution in [3.63, 3.8) is 0 Å². The molecule has 2 aliphatic heterocycles. The van der Waals surface area contributed by atoms with Crippen LogP contribution in [0.25, 0.3) is 89.7 Å². The molecule has 47 heavy (non-hydrogen) atoms. The monoisotopic (exact) mass is 613 g/mol. The van der Waals surface area contributed by atoms with Gasteiger partial charge in [-0.05, 0) is 12.5 Å². The third-order valence-corrected chi connectivity index (χ3v) is 8.93. The number of aromatic nitrogens is 8. The van der Waals surface area contributed by atoms with E-state index in [2.05, 4.69) is 46.5 Å². The number of hydrogen-bond donors (Lipinski definition) is 3. The number of unbranched alkanes of at least 4 members (excludes halogenated alkanes) is 3. The molecule has 0 atom stereocenters. The normalized spacial score (nSPS) is 11.9. The summed E-state index contributed by atoms with van der Waals surface area (Å²) in [7, 11) is 0. The van der Waals surface area contributed by atoms with Crippen LogP contribution < -0.4 is 5.32 Å². The van der Waals surface area contributed by atoms with Gasteiger partial charge in [-0.25, -0.2) is 29.9 Å². The molecule has 3 N–H and O–H groups in total. The van der Waals surface area contributed by atoms with Crippen molar-refractivity contribution in [2.75, 3.05) is 11.9 Å². The van der Waals surface area contributed by atoms with Crippen LogP contribution in [0.2, 0.25) is 0 Å². The van der Waals surface area contributed by atoms with Crippen molar-refractivity contribution in [1.82, 2.24) is 39.9 Å². The number of H-pyrrole nitrogens is 2. The molecule has 228 valence electrons. The molecular weight excluding hydrogens is 582 g/mol. The second kappa shape index (κ2) is 11.1. The molecule has 0 saturated carbocycles. The van der Waals surface area contributed by atoms with Crippen LogP contribution in [0.5, 0.6) is 0 Å². The Hall–Kier alpha value is -5.96. The van der Waals surface area contributed by atoms with Crippen LogP contribution >= 0.6 is 0 Å². The van der Waals surface area contributed by atoms with E-state index in [1.165, 1.54) is 19.3 Å². The van der Waals surface area contributed by atoms with E-state index in [-0.39, 0.29) is 0 Å². The van der Waals surface area contributed by atoms with E-state index >= 15 is 0 Å². The van der Waals surface area contributed by atoms with Crippen LogP contribution in [-0.4, -0.2) is 46.4 Å². The molecule has 0 spiro atoms. The molecule has 9 heteroatoms. The lowest BCUT2D eigenvalue weighted by atomic mass is 10.1. The zero-order chi connectivity index (χ0) is 31.3. The molecular formula is C38H31N9. The largest absolute Gasteiger partial charge is 0.384 e. The first-order chi connectivity index (χ1) is 23.2. The molecule has 2 aliphatic rings. The summed E-state index contributed by atoms with van der Waals surface area (Å²) in [5, 5.41) is 7.52. The highest BCUT2D eigenvalue weighted by Gasteiger charge is 2.22. The molecule has 3 aromatic heterocycles. The molecule has 5 heterocycles. The molecule has 7 aromatic rings. The number of aromatic amines is 2. The van der Waals surface area contributed by atoms with E-state index in [1.807, 2.05) is 66.7 Å². The van der Waals surface area contributed by atoms with Crippen LogP contribution in [-0.2, 0) is 0 Å². The van der Waals surface area contributed by atoms with Gasteiger partial charge in [0.2, 0.25) is 0 Å². The standard InChI is InChI=1S/C38H31N9/c1-2-3-4-11-21-39-29-20-12-19-28-30(29)38-46-36-27-18-10-9-17-26(27)34(44-36)42-32-23-14-6-5-13-22(23)31(40-32)41-33-24-15-7-8-16-25(24)35(43-33)45-37(28)47-38/h5-10,12-20,39H,2-4,11,21H2,1H3,(H2,40,41,42,43,44,45,46,47). The first-order valence-corrected chi connectivity index (χ1v) is 16.2. The summed E-state index contributed by atoms with van der Waals surface area (Å²) in [5.41, 5.74) is 7.45. The molecule has 0 fully saturated rings. The van der Waals surface area contributed by atoms with Crippen molar-refractivity contribution in [2.24, 2.45) is 0 Å². The van der Waals surface area contributed by atoms with E-state index in [1.54, 1.807) is 0 Å². The second-order valence-corrected chi connectivity index (χ2v) is 12.0. The Morgan fingerprint density at radius 3 is 1.49 bits per heavy atom. The van der Waals surface area contributed by atoms with Crippen molar-refractivity contribution in [3.05, 3.63) is 91.0 Å². The van der Waals surface area contributed by atoms with Gasteiger partial charge in [-0.15, -0.1) is 0 Å². The zero-order valence-electron chi connectivity index (χ0n) is 25.9. The van der Waals surface area contributed by atoms with Gasteiger partial charge < -0.3 is 15.3 Å². The van der Waals surface area contributed by atoms with E-state index in [0.717, 1.165) is 62.5 Å². The Morgan fingerprint density at radius 2 is 0.936 bits per heavy atom. The third kappa shape index (κ3) is 4.62. The fourth-order valence-electron chi connectivity index (χ4n) is 6.61. The Labute approximate surface area is 270 Å². The third-order valence-electron chi connectivity index (χ3n) is 8.93. The molecule has 0 saturated heterocycles. The van der Waals surface area contributed by atoms with Gasteiger partial charge in [-0.1, -0.05) is 111 Å². The Morgan fingerprint density at radius 1 is 0.468 bits per heavy atom. The van der Waals surface area contributed by atoms with Crippen LogP contribution in [0, 0.1) is 0 Å². The molecule has 0 unspecified atom stereocenters. The molecule has 4 aromatic carbocycles. The van der Waals surface area contributed by atoms with Gasteiger partial charge in [0.25, 0.3) is 0 Å². The number of anilines is 1. The number of hydrogen-bond acceptors (Lipinski definition) is 7. The first kappa shape index (κ1) is 27.4. The predicted octanol–water partition coefficient (Wildman–Crippen LogP) is 8.86. The van der Waals surface area contributed by atoms with E-state index in [9.17, 15) is 0 Å². The van der Waals surface area contributed by atoms with E-state index in [4.69, 9.17) is 29.9 Å². The summed E-state index contributed by atoms with van der Waals surface area (Å²) in [4.78, 5) is 37.5. The summed E-state index contributed by atoms with van der Waals surface area (Å²) in [6.45, 7) is 3.11. The van der Waals surface area contributed by atoms with Crippen LogP contribution in [0.1, 0.15) is 32.6 Å². The minimum atomic E-state index is 0.596.